The lowest BCUT2D eigenvalue weighted by Crippen LogP contribution is -2.50. The number of carbonyl (C=O) groups excluding carboxylic acids is 1. The number of piperidine rings is 1. The van der Waals surface area contributed by atoms with Gasteiger partial charge in [0.05, 0.1) is 7.11 Å². The van der Waals surface area contributed by atoms with Crippen molar-refractivity contribution in [3.05, 3.63) is 29.6 Å². The van der Waals surface area contributed by atoms with E-state index in [1.165, 1.54) is 25.3 Å². The van der Waals surface area contributed by atoms with Crippen LogP contribution in [0.25, 0.3) is 0 Å². The first kappa shape index (κ1) is 13.4. The number of nitrogens with two attached hydrogens (primary N) is 1. The van der Waals surface area contributed by atoms with E-state index in [0.717, 1.165) is 25.7 Å². The molecule has 0 spiro atoms. The van der Waals surface area contributed by atoms with Gasteiger partial charge in [0.25, 0.3) is 5.91 Å². The van der Waals surface area contributed by atoms with Crippen LogP contribution >= 0.6 is 0 Å². The summed E-state index contributed by atoms with van der Waals surface area (Å²) < 4.78 is 18.4. The van der Waals surface area contributed by atoms with Gasteiger partial charge in [0.15, 0.2) is 11.6 Å². The van der Waals surface area contributed by atoms with Crippen molar-refractivity contribution in [3.8, 4) is 5.75 Å². The van der Waals surface area contributed by atoms with Crippen LogP contribution in [-0.4, -0.2) is 36.0 Å². The van der Waals surface area contributed by atoms with Gasteiger partial charge in [-0.05, 0) is 43.9 Å². The SMILES string of the molecule is COc1cc(C(=O)N2C3CCC2CC(N)C3)ccc1F. The van der Waals surface area contributed by atoms with Gasteiger partial charge in [-0.3, -0.25) is 4.79 Å². The lowest BCUT2D eigenvalue weighted by atomic mass is 9.97. The van der Waals surface area contributed by atoms with Crippen molar-refractivity contribution in [2.24, 2.45) is 5.73 Å². The van der Waals surface area contributed by atoms with Crippen LogP contribution in [0.5, 0.6) is 5.75 Å². The Balaban J connectivity index is 1.86. The Bertz CT molecular complexity index is 521. The maximum absolute atomic E-state index is 13.4. The summed E-state index contributed by atoms with van der Waals surface area (Å²) in [5, 5.41) is 0. The molecule has 1 amide bonds. The van der Waals surface area contributed by atoms with E-state index in [1.807, 2.05) is 4.90 Å². The Hall–Kier alpha value is -1.62. The van der Waals surface area contributed by atoms with Crippen LogP contribution < -0.4 is 10.5 Å². The van der Waals surface area contributed by atoms with Gasteiger partial charge in [0.2, 0.25) is 0 Å². The molecule has 4 nitrogen and oxygen atoms in total. The maximum Gasteiger partial charge on any atom is 0.254 e. The van der Waals surface area contributed by atoms with Crippen molar-refractivity contribution < 1.29 is 13.9 Å². The third-order valence-corrected chi connectivity index (χ3v) is 4.40. The molecule has 0 saturated carbocycles. The van der Waals surface area contributed by atoms with Crippen LogP contribution in [-0.2, 0) is 0 Å². The second kappa shape index (κ2) is 5.05. The molecule has 0 aliphatic carbocycles. The molecule has 2 N–H and O–H groups in total. The number of ether oxygens (including phenoxy) is 1. The third-order valence-electron chi connectivity index (χ3n) is 4.40. The van der Waals surface area contributed by atoms with E-state index in [-0.39, 0.29) is 29.8 Å². The standard InChI is InChI=1S/C15H19FN2O2/c1-20-14-6-9(2-5-13(14)16)15(19)18-11-3-4-12(18)8-10(17)7-11/h2,5-6,10-12H,3-4,7-8,17H2,1H3. The quantitative estimate of drug-likeness (QED) is 0.899. The van der Waals surface area contributed by atoms with Crippen molar-refractivity contribution in [2.45, 2.75) is 43.8 Å². The molecule has 2 bridgehead atoms. The van der Waals surface area contributed by atoms with Crippen LogP contribution in [0.3, 0.4) is 0 Å². The smallest absolute Gasteiger partial charge is 0.254 e. The molecule has 0 aromatic heterocycles. The zero-order chi connectivity index (χ0) is 14.3. The van der Waals surface area contributed by atoms with Crippen LogP contribution in [0.2, 0.25) is 0 Å². The molecular formula is C15H19FN2O2. The number of rotatable bonds is 2. The molecule has 2 aliphatic rings. The average Bonchev–Trinajstić information content (AvgIpc) is 2.70. The summed E-state index contributed by atoms with van der Waals surface area (Å²) in [5.74, 6) is -0.382. The Morgan fingerprint density at radius 3 is 2.60 bits per heavy atom. The minimum Gasteiger partial charge on any atom is -0.494 e. The highest BCUT2D eigenvalue weighted by Crippen LogP contribution is 2.36. The van der Waals surface area contributed by atoms with Crippen molar-refractivity contribution >= 4 is 5.91 Å². The summed E-state index contributed by atoms with van der Waals surface area (Å²) in [4.78, 5) is 14.6. The lowest BCUT2D eigenvalue weighted by molar-refractivity contribution is 0.0574. The first-order valence-corrected chi connectivity index (χ1v) is 7.02. The van der Waals surface area contributed by atoms with Gasteiger partial charge in [0.1, 0.15) is 0 Å². The number of nitrogens with zero attached hydrogens (tertiary/aromatic N) is 1. The molecule has 20 heavy (non-hydrogen) atoms. The van der Waals surface area contributed by atoms with Crippen LogP contribution in [0.1, 0.15) is 36.0 Å². The predicted molar refractivity (Wildman–Crippen MR) is 73.1 cm³/mol. The molecular weight excluding hydrogens is 259 g/mol. The van der Waals surface area contributed by atoms with Gasteiger partial charge in [-0.2, -0.15) is 0 Å². The minimum absolute atomic E-state index is 0.0392. The number of hydrogen-bond donors (Lipinski definition) is 1. The van der Waals surface area contributed by atoms with E-state index in [0.29, 0.717) is 5.56 Å². The summed E-state index contributed by atoms with van der Waals surface area (Å²) >= 11 is 0. The van der Waals surface area contributed by atoms with Gasteiger partial charge in [0, 0.05) is 23.7 Å². The number of halogens is 1. The van der Waals surface area contributed by atoms with Crippen molar-refractivity contribution in [2.75, 3.05) is 7.11 Å². The monoisotopic (exact) mass is 278 g/mol. The molecule has 108 valence electrons. The fourth-order valence-corrected chi connectivity index (χ4v) is 3.49. The molecule has 2 saturated heterocycles. The molecule has 2 unspecified atom stereocenters. The van der Waals surface area contributed by atoms with E-state index in [4.69, 9.17) is 10.5 Å². The number of carbonyl (C=O) groups is 1. The highest BCUT2D eigenvalue weighted by molar-refractivity contribution is 5.95. The largest absolute Gasteiger partial charge is 0.494 e. The molecule has 2 atom stereocenters. The Morgan fingerprint density at radius 2 is 2.00 bits per heavy atom. The Morgan fingerprint density at radius 1 is 1.35 bits per heavy atom. The maximum atomic E-state index is 13.4. The summed E-state index contributed by atoms with van der Waals surface area (Å²) in [7, 11) is 1.40. The number of methoxy groups -OCH3 is 1. The number of benzene rings is 1. The number of fused-ring (bicyclic) bond motifs is 2. The van der Waals surface area contributed by atoms with Crippen molar-refractivity contribution in [1.82, 2.24) is 4.90 Å². The summed E-state index contributed by atoms with van der Waals surface area (Å²) in [6.07, 6.45) is 3.76. The third kappa shape index (κ3) is 2.16. The highest BCUT2D eigenvalue weighted by atomic mass is 19.1. The number of hydrogen-bond acceptors (Lipinski definition) is 3. The molecule has 2 aliphatic heterocycles. The van der Waals surface area contributed by atoms with Crippen molar-refractivity contribution in [3.63, 3.8) is 0 Å². The molecule has 1 aromatic rings. The topological polar surface area (TPSA) is 55.6 Å². The fourth-order valence-electron chi connectivity index (χ4n) is 3.49. The molecule has 0 radical (unpaired) electrons. The highest BCUT2D eigenvalue weighted by Gasteiger charge is 2.42. The summed E-state index contributed by atoms with van der Waals surface area (Å²) in [6.45, 7) is 0. The van der Waals surface area contributed by atoms with Crippen molar-refractivity contribution in [1.29, 1.82) is 0 Å². The zero-order valence-corrected chi connectivity index (χ0v) is 11.5. The fraction of sp³-hybridized carbons (Fsp3) is 0.533. The first-order valence-electron chi connectivity index (χ1n) is 7.02. The van der Waals surface area contributed by atoms with Gasteiger partial charge in [-0.15, -0.1) is 0 Å². The van der Waals surface area contributed by atoms with Crippen LogP contribution in [0.4, 0.5) is 4.39 Å². The normalized spacial score (nSPS) is 28.6. The van der Waals surface area contributed by atoms with Crippen LogP contribution in [0, 0.1) is 5.82 Å². The zero-order valence-electron chi connectivity index (χ0n) is 11.5. The van der Waals surface area contributed by atoms with E-state index in [1.54, 1.807) is 0 Å². The van der Waals surface area contributed by atoms with E-state index in [9.17, 15) is 9.18 Å². The first-order chi connectivity index (χ1) is 9.60. The Labute approximate surface area is 117 Å². The second-order valence-corrected chi connectivity index (χ2v) is 5.68. The van der Waals surface area contributed by atoms with Gasteiger partial charge < -0.3 is 15.4 Å². The molecule has 5 heteroatoms. The van der Waals surface area contributed by atoms with Gasteiger partial charge in [-0.25, -0.2) is 4.39 Å². The second-order valence-electron chi connectivity index (χ2n) is 5.68. The average molecular weight is 278 g/mol. The lowest BCUT2D eigenvalue weighted by Gasteiger charge is -2.37. The molecule has 1 aromatic carbocycles. The minimum atomic E-state index is -0.451. The van der Waals surface area contributed by atoms with E-state index in [2.05, 4.69) is 0 Å². The Kier molecular flexibility index (Phi) is 3.38. The summed E-state index contributed by atoms with van der Waals surface area (Å²) in [5.41, 5.74) is 6.50. The summed E-state index contributed by atoms with van der Waals surface area (Å²) in [6, 6.07) is 4.93. The van der Waals surface area contributed by atoms with E-state index < -0.39 is 5.82 Å². The predicted octanol–water partition coefficient (Wildman–Crippen LogP) is 1.93. The van der Waals surface area contributed by atoms with Crippen LogP contribution in [0.15, 0.2) is 18.2 Å². The molecule has 2 fully saturated rings. The molecule has 2 heterocycles. The number of amides is 1. The van der Waals surface area contributed by atoms with E-state index >= 15 is 0 Å². The molecule has 3 rings (SSSR count). The van der Waals surface area contributed by atoms with Gasteiger partial charge >= 0.3 is 0 Å². The van der Waals surface area contributed by atoms with Gasteiger partial charge in [-0.1, -0.05) is 0 Å².